The molecule has 0 atom stereocenters. The van der Waals surface area contributed by atoms with E-state index in [-0.39, 0.29) is 22.8 Å². The van der Waals surface area contributed by atoms with Crippen molar-refractivity contribution in [2.24, 2.45) is 0 Å². The smallest absolute Gasteiger partial charge is 0.257 e. The maximum absolute atomic E-state index is 11.6. The van der Waals surface area contributed by atoms with Gasteiger partial charge in [-0.15, -0.1) is 0 Å². The fourth-order valence-electron chi connectivity index (χ4n) is 1.11. The van der Waals surface area contributed by atoms with Crippen molar-refractivity contribution in [3.8, 4) is 5.75 Å². The van der Waals surface area contributed by atoms with Crippen molar-refractivity contribution in [1.82, 2.24) is 4.90 Å². The number of phenols is 1. The first-order valence-electron chi connectivity index (χ1n) is 4.06. The summed E-state index contributed by atoms with van der Waals surface area (Å²) in [5, 5.41) is 9.44. The highest BCUT2D eigenvalue weighted by Crippen LogP contribution is 2.20. The van der Waals surface area contributed by atoms with E-state index in [1.165, 1.54) is 23.1 Å². The fraction of sp³-hybridized carbons (Fsp3) is 0.200. The molecule has 0 aromatic heterocycles. The van der Waals surface area contributed by atoms with Gasteiger partial charge in [-0.1, -0.05) is 12.1 Å². The summed E-state index contributed by atoms with van der Waals surface area (Å²) < 4.78 is 0. The van der Waals surface area contributed by atoms with Crippen molar-refractivity contribution in [3.05, 3.63) is 29.3 Å². The van der Waals surface area contributed by atoms with Gasteiger partial charge in [-0.2, -0.15) is 0 Å². The SMILES string of the molecule is CN(C)C(=O)c1c(O)cccc1C=O. The van der Waals surface area contributed by atoms with Gasteiger partial charge in [-0.05, 0) is 6.07 Å². The molecule has 1 aromatic carbocycles. The molecule has 0 fully saturated rings. The number of hydrogen-bond acceptors (Lipinski definition) is 3. The number of hydrogen-bond donors (Lipinski definition) is 1. The Kier molecular flexibility index (Phi) is 2.86. The lowest BCUT2D eigenvalue weighted by atomic mass is 10.1. The highest BCUT2D eigenvalue weighted by molar-refractivity contribution is 6.03. The Hall–Kier alpha value is -1.84. The average molecular weight is 193 g/mol. The van der Waals surface area contributed by atoms with Crippen LogP contribution in [0.4, 0.5) is 0 Å². The number of benzene rings is 1. The quantitative estimate of drug-likeness (QED) is 0.710. The molecule has 74 valence electrons. The summed E-state index contributed by atoms with van der Waals surface area (Å²) in [6.07, 6.45) is 0.552. The van der Waals surface area contributed by atoms with E-state index < -0.39 is 0 Å². The fourth-order valence-corrected chi connectivity index (χ4v) is 1.11. The maximum Gasteiger partial charge on any atom is 0.257 e. The van der Waals surface area contributed by atoms with Crippen LogP contribution in [0, 0.1) is 0 Å². The van der Waals surface area contributed by atoms with Gasteiger partial charge >= 0.3 is 0 Å². The number of rotatable bonds is 2. The summed E-state index contributed by atoms with van der Waals surface area (Å²) in [4.78, 5) is 23.5. The van der Waals surface area contributed by atoms with Gasteiger partial charge in [0.15, 0.2) is 6.29 Å². The van der Waals surface area contributed by atoms with Gasteiger partial charge in [0.05, 0.1) is 5.56 Å². The molecule has 1 amide bonds. The van der Waals surface area contributed by atoms with Crippen LogP contribution >= 0.6 is 0 Å². The maximum atomic E-state index is 11.6. The molecule has 1 aromatic rings. The van der Waals surface area contributed by atoms with Crippen molar-refractivity contribution in [2.75, 3.05) is 14.1 Å². The van der Waals surface area contributed by atoms with Crippen LogP contribution in [0.1, 0.15) is 20.7 Å². The third kappa shape index (κ3) is 1.74. The number of nitrogens with zero attached hydrogens (tertiary/aromatic N) is 1. The normalized spacial score (nSPS) is 9.57. The van der Waals surface area contributed by atoms with Gasteiger partial charge < -0.3 is 10.0 Å². The van der Waals surface area contributed by atoms with E-state index in [0.29, 0.717) is 6.29 Å². The first-order valence-corrected chi connectivity index (χ1v) is 4.06. The predicted molar refractivity (Wildman–Crippen MR) is 51.5 cm³/mol. The predicted octanol–water partition coefficient (Wildman–Crippen LogP) is 0.906. The molecule has 0 aliphatic carbocycles. The minimum Gasteiger partial charge on any atom is -0.507 e. The lowest BCUT2D eigenvalue weighted by Gasteiger charge is -2.12. The molecule has 0 aliphatic heterocycles. The monoisotopic (exact) mass is 193 g/mol. The molecule has 0 radical (unpaired) electrons. The van der Waals surface area contributed by atoms with Crippen LogP contribution in [0.15, 0.2) is 18.2 Å². The molecule has 1 N–H and O–H groups in total. The molecule has 0 saturated carbocycles. The summed E-state index contributed by atoms with van der Waals surface area (Å²) in [5.74, 6) is -0.557. The summed E-state index contributed by atoms with van der Waals surface area (Å²) in [6, 6.07) is 4.39. The molecule has 14 heavy (non-hydrogen) atoms. The van der Waals surface area contributed by atoms with Crippen LogP contribution in [0.25, 0.3) is 0 Å². The zero-order valence-corrected chi connectivity index (χ0v) is 8.02. The van der Waals surface area contributed by atoms with E-state index in [0.717, 1.165) is 0 Å². The van der Waals surface area contributed by atoms with E-state index in [1.54, 1.807) is 14.1 Å². The van der Waals surface area contributed by atoms with Gasteiger partial charge in [0.25, 0.3) is 5.91 Å². The Morgan fingerprint density at radius 2 is 2.07 bits per heavy atom. The van der Waals surface area contributed by atoms with Gasteiger partial charge in [0.1, 0.15) is 5.75 Å². The molecule has 0 unspecified atom stereocenters. The van der Waals surface area contributed by atoms with E-state index >= 15 is 0 Å². The Morgan fingerprint density at radius 1 is 1.43 bits per heavy atom. The second kappa shape index (κ2) is 3.91. The summed E-state index contributed by atoms with van der Waals surface area (Å²) in [5.41, 5.74) is 0.246. The molecule has 4 nitrogen and oxygen atoms in total. The lowest BCUT2D eigenvalue weighted by molar-refractivity contribution is 0.0821. The van der Waals surface area contributed by atoms with Crippen LogP contribution in [0.3, 0.4) is 0 Å². The molecule has 0 heterocycles. The van der Waals surface area contributed by atoms with Crippen LogP contribution < -0.4 is 0 Å². The first-order chi connectivity index (χ1) is 6.57. The minimum atomic E-state index is -0.384. The summed E-state index contributed by atoms with van der Waals surface area (Å²) in [7, 11) is 3.12. The molecular weight excluding hydrogens is 182 g/mol. The zero-order chi connectivity index (χ0) is 10.7. The number of carbonyl (C=O) groups excluding carboxylic acids is 2. The highest BCUT2D eigenvalue weighted by Gasteiger charge is 2.16. The van der Waals surface area contributed by atoms with Gasteiger partial charge in [0, 0.05) is 19.7 Å². The lowest BCUT2D eigenvalue weighted by Crippen LogP contribution is -2.23. The number of phenolic OH excluding ortho intramolecular Hbond substituents is 1. The van der Waals surface area contributed by atoms with Crippen LogP contribution in [-0.2, 0) is 0 Å². The average Bonchev–Trinajstić information content (AvgIpc) is 2.16. The molecule has 0 aliphatic rings. The Balaban J connectivity index is 3.30. The number of aromatic hydroxyl groups is 1. The second-order valence-electron chi connectivity index (χ2n) is 3.06. The standard InChI is InChI=1S/C10H11NO3/c1-11(2)10(14)9-7(6-12)4-3-5-8(9)13/h3-6,13H,1-2H3. The van der Waals surface area contributed by atoms with Crippen LogP contribution in [0.5, 0.6) is 5.75 Å². The van der Waals surface area contributed by atoms with Gasteiger partial charge in [-0.3, -0.25) is 9.59 Å². The number of aldehydes is 1. The molecule has 0 spiro atoms. The molecule has 4 heteroatoms. The van der Waals surface area contributed by atoms with Crippen molar-refractivity contribution >= 4 is 12.2 Å². The highest BCUT2D eigenvalue weighted by atomic mass is 16.3. The summed E-state index contributed by atoms with van der Waals surface area (Å²) >= 11 is 0. The van der Waals surface area contributed by atoms with E-state index in [1.807, 2.05) is 0 Å². The molecular formula is C10H11NO3. The van der Waals surface area contributed by atoms with Crippen LogP contribution in [-0.4, -0.2) is 36.3 Å². The third-order valence-corrected chi connectivity index (χ3v) is 1.82. The van der Waals surface area contributed by atoms with E-state index in [9.17, 15) is 14.7 Å². The molecule has 1 rings (SSSR count). The number of amides is 1. The topological polar surface area (TPSA) is 57.6 Å². The largest absolute Gasteiger partial charge is 0.507 e. The van der Waals surface area contributed by atoms with Crippen molar-refractivity contribution < 1.29 is 14.7 Å². The first kappa shape index (κ1) is 10.2. The minimum absolute atomic E-state index is 0.0486. The van der Waals surface area contributed by atoms with Gasteiger partial charge in [0.2, 0.25) is 0 Å². The Morgan fingerprint density at radius 3 is 2.57 bits per heavy atom. The van der Waals surface area contributed by atoms with E-state index in [4.69, 9.17) is 0 Å². The molecule has 0 saturated heterocycles. The van der Waals surface area contributed by atoms with Crippen LogP contribution in [0.2, 0.25) is 0 Å². The Bertz CT molecular complexity index is 372. The third-order valence-electron chi connectivity index (χ3n) is 1.82. The second-order valence-corrected chi connectivity index (χ2v) is 3.06. The zero-order valence-electron chi connectivity index (χ0n) is 8.02. The Labute approximate surface area is 81.8 Å². The number of carbonyl (C=O) groups is 2. The molecule has 0 bridgehead atoms. The summed E-state index contributed by atoms with van der Waals surface area (Å²) in [6.45, 7) is 0. The van der Waals surface area contributed by atoms with E-state index in [2.05, 4.69) is 0 Å². The van der Waals surface area contributed by atoms with Crippen molar-refractivity contribution in [3.63, 3.8) is 0 Å². The van der Waals surface area contributed by atoms with Crippen molar-refractivity contribution in [1.29, 1.82) is 0 Å². The van der Waals surface area contributed by atoms with Gasteiger partial charge in [-0.25, -0.2) is 0 Å². The van der Waals surface area contributed by atoms with Crippen molar-refractivity contribution in [2.45, 2.75) is 0 Å².